The molecular formula is C11H13NO2. The summed E-state index contributed by atoms with van der Waals surface area (Å²) < 4.78 is 0. The number of nitrogens with zero attached hydrogens (tertiary/aromatic N) is 1. The van der Waals surface area contributed by atoms with Crippen molar-refractivity contribution in [2.24, 2.45) is 0 Å². The summed E-state index contributed by atoms with van der Waals surface area (Å²) in [6.07, 6.45) is 5.04. The first-order chi connectivity index (χ1) is 6.84. The molecule has 1 aromatic rings. The van der Waals surface area contributed by atoms with Crippen molar-refractivity contribution in [1.29, 1.82) is 0 Å². The van der Waals surface area contributed by atoms with E-state index >= 15 is 0 Å². The van der Waals surface area contributed by atoms with E-state index in [9.17, 15) is 9.59 Å². The first-order valence-corrected chi connectivity index (χ1v) is 4.72. The van der Waals surface area contributed by atoms with Crippen LogP contribution in [0.25, 0.3) is 0 Å². The minimum atomic E-state index is 0.0523. The van der Waals surface area contributed by atoms with Crippen LogP contribution in [0.5, 0.6) is 0 Å². The summed E-state index contributed by atoms with van der Waals surface area (Å²) >= 11 is 0. The van der Waals surface area contributed by atoms with Gasteiger partial charge in [0.25, 0.3) is 0 Å². The molecule has 1 rings (SSSR count). The molecule has 1 aromatic heterocycles. The average Bonchev–Trinajstić information content (AvgIpc) is 2.25. The number of pyridine rings is 1. The summed E-state index contributed by atoms with van der Waals surface area (Å²) in [7, 11) is 0. The normalized spacial score (nSPS) is 9.71. The van der Waals surface area contributed by atoms with Gasteiger partial charge >= 0.3 is 0 Å². The molecule has 0 N–H and O–H groups in total. The van der Waals surface area contributed by atoms with Gasteiger partial charge in [-0.05, 0) is 25.0 Å². The van der Waals surface area contributed by atoms with Gasteiger partial charge in [0.15, 0.2) is 5.78 Å². The molecule has 0 aliphatic heterocycles. The van der Waals surface area contributed by atoms with Crippen LogP contribution in [0.2, 0.25) is 0 Å². The second-order valence-electron chi connectivity index (χ2n) is 3.05. The van der Waals surface area contributed by atoms with Crippen molar-refractivity contribution in [1.82, 2.24) is 4.98 Å². The number of carbonyl (C=O) groups excluding carboxylic acids is 2. The van der Waals surface area contributed by atoms with Gasteiger partial charge in [0.2, 0.25) is 0 Å². The quantitative estimate of drug-likeness (QED) is 0.392. The largest absolute Gasteiger partial charge is 0.303 e. The van der Waals surface area contributed by atoms with Gasteiger partial charge < -0.3 is 4.79 Å². The summed E-state index contributed by atoms with van der Waals surface area (Å²) in [5.41, 5.74) is 0.513. The molecule has 0 saturated carbocycles. The highest BCUT2D eigenvalue weighted by molar-refractivity contribution is 5.94. The van der Waals surface area contributed by atoms with E-state index in [0.29, 0.717) is 18.5 Å². The Balaban J connectivity index is 2.32. The van der Waals surface area contributed by atoms with E-state index in [1.807, 2.05) is 0 Å². The summed E-state index contributed by atoms with van der Waals surface area (Å²) in [6.45, 7) is 0. The maximum absolute atomic E-state index is 11.5. The number of carbonyl (C=O) groups is 2. The summed E-state index contributed by atoms with van der Waals surface area (Å²) in [5.74, 6) is 0.0523. The summed E-state index contributed by atoms with van der Waals surface area (Å²) in [5, 5.41) is 0. The zero-order valence-electron chi connectivity index (χ0n) is 7.98. The zero-order valence-corrected chi connectivity index (χ0v) is 7.98. The fourth-order valence-corrected chi connectivity index (χ4v) is 1.17. The molecule has 0 aliphatic rings. The van der Waals surface area contributed by atoms with Crippen LogP contribution in [0.3, 0.4) is 0 Å². The van der Waals surface area contributed by atoms with Gasteiger partial charge in [0.1, 0.15) is 12.0 Å². The third-order valence-corrected chi connectivity index (χ3v) is 1.93. The van der Waals surface area contributed by atoms with Gasteiger partial charge in [0.05, 0.1) is 0 Å². The number of hydrogen-bond acceptors (Lipinski definition) is 3. The number of unbranched alkanes of at least 4 members (excludes halogenated alkanes) is 2. The van der Waals surface area contributed by atoms with Gasteiger partial charge in [-0.3, -0.25) is 9.78 Å². The van der Waals surface area contributed by atoms with Crippen LogP contribution in [0.15, 0.2) is 24.4 Å². The molecule has 14 heavy (non-hydrogen) atoms. The first-order valence-electron chi connectivity index (χ1n) is 4.72. The fraction of sp³-hybridized carbons (Fsp3) is 0.364. The Kier molecular flexibility index (Phi) is 4.55. The molecule has 0 bridgehead atoms. The average molecular weight is 191 g/mol. The van der Waals surface area contributed by atoms with Crippen LogP contribution >= 0.6 is 0 Å². The molecule has 74 valence electrons. The molecule has 0 saturated heterocycles. The Morgan fingerprint density at radius 1 is 1.36 bits per heavy atom. The van der Waals surface area contributed by atoms with Crippen molar-refractivity contribution < 1.29 is 9.59 Å². The topological polar surface area (TPSA) is 47.0 Å². The third kappa shape index (κ3) is 3.47. The lowest BCUT2D eigenvalue weighted by atomic mass is 10.1. The lowest BCUT2D eigenvalue weighted by Gasteiger charge is -1.98. The monoisotopic (exact) mass is 191 g/mol. The van der Waals surface area contributed by atoms with Crippen molar-refractivity contribution in [2.75, 3.05) is 0 Å². The highest BCUT2D eigenvalue weighted by Crippen LogP contribution is 2.04. The van der Waals surface area contributed by atoms with E-state index in [1.165, 1.54) is 0 Å². The Labute approximate surface area is 83.2 Å². The predicted molar refractivity (Wildman–Crippen MR) is 53.1 cm³/mol. The van der Waals surface area contributed by atoms with Gasteiger partial charge in [0, 0.05) is 19.0 Å². The standard InChI is InChI=1S/C11H13NO2/c13-9-5-1-2-7-11(14)10-6-3-4-8-12-10/h3-4,6,8-9H,1-2,5,7H2. The van der Waals surface area contributed by atoms with Crippen LogP contribution in [-0.2, 0) is 4.79 Å². The number of aromatic nitrogens is 1. The van der Waals surface area contributed by atoms with Gasteiger partial charge in [-0.25, -0.2) is 0 Å². The fourth-order valence-electron chi connectivity index (χ4n) is 1.17. The van der Waals surface area contributed by atoms with Crippen molar-refractivity contribution in [3.63, 3.8) is 0 Å². The molecule has 3 nitrogen and oxygen atoms in total. The predicted octanol–water partition coefficient (Wildman–Crippen LogP) is 2.02. The van der Waals surface area contributed by atoms with Crippen LogP contribution < -0.4 is 0 Å². The van der Waals surface area contributed by atoms with E-state index in [-0.39, 0.29) is 5.78 Å². The third-order valence-electron chi connectivity index (χ3n) is 1.93. The number of ketones is 1. The van der Waals surface area contributed by atoms with Crippen molar-refractivity contribution >= 4 is 12.1 Å². The Morgan fingerprint density at radius 2 is 2.21 bits per heavy atom. The zero-order chi connectivity index (χ0) is 10.2. The molecule has 3 heteroatoms. The Bertz CT molecular complexity index is 295. The molecule has 0 radical (unpaired) electrons. The second kappa shape index (κ2) is 6.02. The Hall–Kier alpha value is -1.51. The number of hydrogen-bond donors (Lipinski definition) is 0. The highest BCUT2D eigenvalue weighted by Gasteiger charge is 2.04. The van der Waals surface area contributed by atoms with E-state index in [2.05, 4.69) is 4.98 Å². The lowest BCUT2D eigenvalue weighted by molar-refractivity contribution is -0.107. The first kappa shape index (κ1) is 10.6. The smallest absolute Gasteiger partial charge is 0.181 e. The lowest BCUT2D eigenvalue weighted by Crippen LogP contribution is -2.01. The van der Waals surface area contributed by atoms with Crippen molar-refractivity contribution in [2.45, 2.75) is 25.7 Å². The van der Waals surface area contributed by atoms with Crippen LogP contribution in [0, 0.1) is 0 Å². The molecule has 0 fully saturated rings. The minimum absolute atomic E-state index is 0.0523. The van der Waals surface area contributed by atoms with Gasteiger partial charge in [-0.1, -0.05) is 6.07 Å². The molecule has 0 amide bonds. The highest BCUT2D eigenvalue weighted by atomic mass is 16.1. The number of Topliss-reactive ketones (excluding diaryl/α,β-unsaturated/α-hetero) is 1. The number of rotatable bonds is 6. The van der Waals surface area contributed by atoms with Crippen molar-refractivity contribution in [3.8, 4) is 0 Å². The summed E-state index contributed by atoms with van der Waals surface area (Å²) in [4.78, 5) is 25.4. The maximum atomic E-state index is 11.5. The SMILES string of the molecule is O=CCCCCC(=O)c1ccccn1. The van der Waals surface area contributed by atoms with Crippen LogP contribution in [0.4, 0.5) is 0 Å². The molecule has 0 aromatic carbocycles. The van der Waals surface area contributed by atoms with E-state index < -0.39 is 0 Å². The number of aldehydes is 1. The summed E-state index contributed by atoms with van der Waals surface area (Å²) in [6, 6.07) is 5.29. The van der Waals surface area contributed by atoms with Gasteiger partial charge in [-0.2, -0.15) is 0 Å². The Morgan fingerprint density at radius 3 is 2.86 bits per heavy atom. The molecule has 0 aliphatic carbocycles. The van der Waals surface area contributed by atoms with Crippen LogP contribution in [0.1, 0.15) is 36.2 Å². The molecule has 1 heterocycles. The van der Waals surface area contributed by atoms with E-state index in [1.54, 1.807) is 24.4 Å². The molecule has 0 unspecified atom stereocenters. The van der Waals surface area contributed by atoms with E-state index in [0.717, 1.165) is 19.1 Å². The molecule has 0 spiro atoms. The van der Waals surface area contributed by atoms with Gasteiger partial charge in [-0.15, -0.1) is 0 Å². The molecular weight excluding hydrogens is 178 g/mol. The molecule has 0 atom stereocenters. The van der Waals surface area contributed by atoms with Crippen LogP contribution in [-0.4, -0.2) is 17.1 Å². The van der Waals surface area contributed by atoms with E-state index in [4.69, 9.17) is 0 Å². The minimum Gasteiger partial charge on any atom is -0.303 e. The van der Waals surface area contributed by atoms with Crippen molar-refractivity contribution in [3.05, 3.63) is 30.1 Å². The second-order valence-corrected chi connectivity index (χ2v) is 3.05. The maximum Gasteiger partial charge on any atom is 0.181 e.